The average Bonchev–Trinajstić information content (AvgIpc) is 3.26. The number of methoxy groups -OCH3 is 2. The molecular formula is C21H23N3O3. The van der Waals surface area contributed by atoms with Crippen molar-refractivity contribution < 1.29 is 14.3 Å². The van der Waals surface area contributed by atoms with E-state index < -0.39 is 0 Å². The van der Waals surface area contributed by atoms with Gasteiger partial charge in [0.05, 0.1) is 30.4 Å². The molecule has 0 radical (unpaired) electrons. The Balaban J connectivity index is 1.69. The summed E-state index contributed by atoms with van der Waals surface area (Å²) >= 11 is 0. The number of para-hydroxylation sites is 4. The summed E-state index contributed by atoms with van der Waals surface area (Å²) in [6.07, 6.45) is 0.439. The van der Waals surface area contributed by atoms with Crippen molar-refractivity contribution in [3.8, 4) is 5.75 Å². The minimum Gasteiger partial charge on any atom is -0.495 e. The maximum atomic E-state index is 12.8. The van der Waals surface area contributed by atoms with Gasteiger partial charge in [0.1, 0.15) is 11.6 Å². The monoisotopic (exact) mass is 365 g/mol. The van der Waals surface area contributed by atoms with E-state index in [0.29, 0.717) is 31.9 Å². The molecule has 1 aliphatic heterocycles. The summed E-state index contributed by atoms with van der Waals surface area (Å²) in [7, 11) is 3.32. The van der Waals surface area contributed by atoms with Crippen LogP contribution < -0.4 is 9.64 Å². The summed E-state index contributed by atoms with van der Waals surface area (Å²) < 4.78 is 12.9. The highest BCUT2D eigenvalue weighted by molar-refractivity contribution is 5.97. The van der Waals surface area contributed by atoms with E-state index in [-0.39, 0.29) is 11.8 Å². The number of carbonyl (C=O) groups excluding carboxylic acids is 1. The summed E-state index contributed by atoms with van der Waals surface area (Å²) in [5.41, 5.74) is 2.84. The maximum Gasteiger partial charge on any atom is 0.227 e. The van der Waals surface area contributed by atoms with Gasteiger partial charge in [-0.05, 0) is 24.3 Å². The summed E-state index contributed by atoms with van der Waals surface area (Å²) in [6, 6.07) is 15.7. The Kier molecular flexibility index (Phi) is 4.81. The molecule has 1 saturated heterocycles. The van der Waals surface area contributed by atoms with Crippen LogP contribution in [0, 0.1) is 0 Å². The number of nitrogens with zero attached hydrogens (tertiary/aromatic N) is 3. The van der Waals surface area contributed by atoms with E-state index in [1.165, 1.54) is 0 Å². The quantitative estimate of drug-likeness (QED) is 0.673. The number of ether oxygens (including phenoxy) is 2. The minimum absolute atomic E-state index is 0.0340. The van der Waals surface area contributed by atoms with Crippen molar-refractivity contribution in [1.82, 2.24) is 9.55 Å². The normalized spacial score (nSPS) is 17.0. The Labute approximate surface area is 158 Å². The molecule has 0 spiro atoms. The van der Waals surface area contributed by atoms with Gasteiger partial charge < -0.3 is 18.9 Å². The van der Waals surface area contributed by atoms with E-state index in [4.69, 9.17) is 14.5 Å². The topological polar surface area (TPSA) is 56.6 Å². The molecule has 1 aliphatic rings. The van der Waals surface area contributed by atoms with Crippen molar-refractivity contribution in [2.24, 2.45) is 0 Å². The van der Waals surface area contributed by atoms with E-state index in [0.717, 1.165) is 22.5 Å². The van der Waals surface area contributed by atoms with Gasteiger partial charge in [-0.15, -0.1) is 0 Å². The lowest BCUT2D eigenvalue weighted by Crippen LogP contribution is -2.25. The smallest absolute Gasteiger partial charge is 0.227 e. The molecule has 140 valence electrons. The molecule has 0 aliphatic carbocycles. The Hall–Kier alpha value is -2.86. The zero-order valence-corrected chi connectivity index (χ0v) is 15.6. The van der Waals surface area contributed by atoms with Crippen LogP contribution in [-0.4, -0.2) is 42.8 Å². The third kappa shape index (κ3) is 3.17. The number of amides is 1. The molecular weight excluding hydrogens is 342 g/mol. The van der Waals surface area contributed by atoms with E-state index in [1.807, 2.05) is 47.4 Å². The van der Waals surface area contributed by atoms with Crippen molar-refractivity contribution in [2.75, 3.05) is 32.3 Å². The molecule has 2 aromatic carbocycles. The zero-order valence-electron chi connectivity index (χ0n) is 15.6. The first kappa shape index (κ1) is 17.5. The Morgan fingerprint density at radius 3 is 2.70 bits per heavy atom. The van der Waals surface area contributed by atoms with E-state index in [9.17, 15) is 4.79 Å². The van der Waals surface area contributed by atoms with E-state index in [2.05, 4.69) is 10.6 Å². The highest BCUT2D eigenvalue weighted by Gasteiger charge is 2.35. The number of anilines is 1. The zero-order chi connectivity index (χ0) is 18.8. The fourth-order valence-corrected chi connectivity index (χ4v) is 3.79. The molecule has 0 saturated carbocycles. The molecule has 27 heavy (non-hydrogen) atoms. The summed E-state index contributed by atoms with van der Waals surface area (Å²) in [4.78, 5) is 19.4. The van der Waals surface area contributed by atoms with Gasteiger partial charge >= 0.3 is 0 Å². The van der Waals surface area contributed by atoms with E-state index in [1.54, 1.807) is 14.2 Å². The fraction of sp³-hybridized carbons (Fsp3) is 0.333. The molecule has 1 unspecified atom stereocenters. The first-order valence-electron chi connectivity index (χ1n) is 9.10. The first-order chi connectivity index (χ1) is 13.2. The molecule has 1 fully saturated rings. The highest BCUT2D eigenvalue weighted by Crippen LogP contribution is 2.36. The van der Waals surface area contributed by atoms with Gasteiger partial charge in [-0.25, -0.2) is 4.98 Å². The number of hydrogen-bond donors (Lipinski definition) is 0. The second-order valence-electron chi connectivity index (χ2n) is 6.68. The van der Waals surface area contributed by atoms with Crippen LogP contribution in [0.1, 0.15) is 18.2 Å². The van der Waals surface area contributed by atoms with Crippen LogP contribution in [0.15, 0.2) is 48.5 Å². The molecule has 1 amide bonds. The van der Waals surface area contributed by atoms with Crippen LogP contribution in [0.2, 0.25) is 0 Å². The maximum absolute atomic E-state index is 12.8. The van der Waals surface area contributed by atoms with Crippen LogP contribution in [0.25, 0.3) is 11.0 Å². The molecule has 6 heteroatoms. The minimum atomic E-state index is 0.0340. The Morgan fingerprint density at radius 2 is 1.89 bits per heavy atom. The summed E-state index contributed by atoms with van der Waals surface area (Å²) in [5.74, 6) is 1.78. The number of fused-ring (bicyclic) bond motifs is 1. The molecule has 6 nitrogen and oxygen atoms in total. The number of benzene rings is 2. The lowest BCUT2D eigenvalue weighted by molar-refractivity contribution is -0.117. The number of aromatic nitrogens is 2. The summed E-state index contributed by atoms with van der Waals surface area (Å²) in [6.45, 7) is 1.91. The molecule has 1 atom stereocenters. The Morgan fingerprint density at radius 1 is 1.11 bits per heavy atom. The van der Waals surface area contributed by atoms with Crippen LogP contribution >= 0.6 is 0 Å². The Bertz CT molecular complexity index is 966. The highest BCUT2D eigenvalue weighted by atomic mass is 16.5. The van der Waals surface area contributed by atoms with Crippen LogP contribution in [0.4, 0.5) is 5.69 Å². The SMILES string of the molecule is COCCn1c(C2CC(=O)N(c3ccccc3OC)C2)nc2ccccc21. The van der Waals surface area contributed by atoms with Crippen molar-refractivity contribution in [3.63, 3.8) is 0 Å². The second kappa shape index (κ2) is 7.40. The number of hydrogen-bond acceptors (Lipinski definition) is 4. The van der Waals surface area contributed by atoms with Crippen LogP contribution in [-0.2, 0) is 16.1 Å². The van der Waals surface area contributed by atoms with Gasteiger partial charge in [0, 0.05) is 32.5 Å². The number of rotatable bonds is 6. The van der Waals surface area contributed by atoms with Gasteiger partial charge in [0.2, 0.25) is 5.91 Å². The van der Waals surface area contributed by atoms with Crippen LogP contribution in [0.5, 0.6) is 5.75 Å². The standard InChI is InChI=1S/C21H23N3O3/c1-26-12-11-23-17-8-4-3-7-16(17)22-21(23)15-13-20(25)24(14-15)18-9-5-6-10-19(18)27-2/h3-10,15H,11-14H2,1-2H3. The molecule has 3 aromatic rings. The van der Waals surface area contributed by atoms with Crippen molar-refractivity contribution >= 4 is 22.6 Å². The van der Waals surface area contributed by atoms with E-state index >= 15 is 0 Å². The third-order valence-electron chi connectivity index (χ3n) is 5.07. The average molecular weight is 365 g/mol. The molecule has 0 bridgehead atoms. The van der Waals surface area contributed by atoms with Crippen LogP contribution in [0.3, 0.4) is 0 Å². The van der Waals surface area contributed by atoms with Crippen molar-refractivity contribution in [2.45, 2.75) is 18.9 Å². The van der Waals surface area contributed by atoms with Gasteiger partial charge in [-0.2, -0.15) is 0 Å². The fourth-order valence-electron chi connectivity index (χ4n) is 3.79. The molecule has 0 N–H and O–H groups in total. The second-order valence-corrected chi connectivity index (χ2v) is 6.68. The van der Waals surface area contributed by atoms with Crippen molar-refractivity contribution in [1.29, 1.82) is 0 Å². The van der Waals surface area contributed by atoms with Gasteiger partial charge in [0.15, 0.2) is 0 Å². The van der Waals surface area contributed by atoms with Gasteiger partial charge in [-0.3, -0.25) is 4.79 Å². The lowest BCUT2D eigenvalue weighted by Gasteiger charge is -2.19. The summed E-state index contributed by atoms with van der Waals surface area (Å²) in [5, 5.41) is 0. The number of imidazole rings is 1. The lowest BCUT2D eigenvalue weighted by atomic mass is 10.1. The number of carbonyl (C=O) groups is 1. The predicted molar refractivity (Wildman–Crippen MR) is 104 cm³/mol. The van der Waals surface area contributed by atoms with Crippen molar-refractivity contribution in [3.05, 3.63) is 54.4 Å². The largest absolute Gasteiger partial charge is 0.495 e. The molecule has 4 rings (SSSR count). The predicted octanol–water partition coefficient (Wildman–Crippen LogP) is 3.21. The first-order valence-corrected chi connectivity index (χ1v) is 9.10. The molecule has 1 aromatic heterocycles. The van der Waals surface area contributed by atoms with Gasteiger partial charge in [-0.1, -0.05) is 24.3 Å². The van der Waals surface area contributed by atoms with Gasteiger partial charge in [0.25, 0.3) is 0 Å². The third-order valence-corrected chi connectivity index (χ3v) is 5.07. The molecule has 2 heterocycles.